The number of rotatable bonds is 5. The Bertz CT molecular complexity index is 1110. The van der Waals surface area contributed by atoms with Gasteiger partial charge in [0.15, 0.2) is 0 Å². The number of para-hydroxylation sites is 1. The Balaban J connectivity index is 1.21. The SMILES string of the molecule is O=C(Nc1ccc(N2CCCC2=O)cc1)c1ccc(CN2CCc3ccccc32)cc1. The molecule has 0 unspecified atom stereocenters. The van der Waals surface area contributed by atoms with Gasteiger partial charge >= 0.3 is 0 Å². The molecule has 0 spiro atoms. The van der Waals surface area contributed by atoms with Gasteiger partial charge in [-0.2, -0.15) is 0 Å². The average molecular weight is 412 g/mol. The fraction of sp³-hybridized carbons (Fsp3) is 0.231. The standard InChI is InChI=1S/C26H25N3O2/c30-25-6-3-16-29(25)23-13-11-22(12-14-23)27-26(31)21-9-7-19(8-10-21)18-28-17-15-20-4-1-2-5-24(20)28/h1-2,4-5,7-14H,3,6,15-18H2,(H,27,31). The number of hydrogen-bond donors (Lipinski definition) is 1. The molecule has 156 valence electrons. The van der Waals surface area contributed by atoms with Gasteiger partial charge in [-0.15, -0.1) is 0 Å². The molecule has 2 aliphatic heterocycles. The molecule has 2 heterocycles. The molecule has 0 saturated carbocycles. The number of nitrogens with zero attached hydrogens (tertiary/aromatic N) is 2. The van der Waals surface area contributed by atoms with E-state index in [4.69, 9.17) is 0 Å². The Morgan fingerprint density at radius 2 is 1.65 bits per heavy atom. The van der Waals surface area contributed by atoms with E-state index in [2.05, 4.69) is 34.5 Å². The van der Waals surface area contributed by atoms with E-state index >= 15 is 0 Å². The number of benzene rings is 3. The summed E-state index contributed by atoms with van der Waals surface area (Å²) in [6, 6.07) is 23.8. The number of amides is 2. The summed E-state index contributed by atoms with van der Waals surface area (Å²) in [5.41, 5.74) is 6.13. The first kappa shape index (κ1) is 19.4. The van der Waals surface area contributed by atoms with Gasteiger partial charge in [0.25, 0.3) is 5.91 Å². The molecule has 1 fully saturated rings. The van der Waals surface area contributed by atoms with Crippen molar-refractivity contribution in [3.05, 3.63) is 89.5 Å². The number of hydrogen-bond acceptors (Lipinski definition) is 3. The maximum atomic E-state index is 12.6. The summed E-state index contributed by atoms with van der Waals surface area (Å²) in [4.78, 5) is 28.7. The van der Waals surface area contributed by atoms with Gasteiger partial charge in [0.2, 0.25) is 5.91 Å². The first-order valence-electron chi connectivity index (χ1n) is 10.8. The fourth-order valence-electron chi connectivity index (χ4n) is 4.40. The maximum absolute atomic E-state index is 12.6. The molecule has 2 aliphatic rings. The van der Waals surface area contributed by atoms with Crippen molar-refractivity contribution in [2.45, 2.75) is 25.8 Å². The Kier molecular flexibility index (Phi) is 5.16. The maximum Gasteiger partial charge on any atom is 0.255 e. The molecule has 0 radical (unpaired) electrons. The summed E-state index contributed by atoms with van der Waals surface area (Å²) < 4.78 is 0. The summed E-state index contributed by atoms with van der Waals surface area (Å²) >= 11 is 0. The highest BCUT2D eigenvalue weighted by atomic mass is 16.2. The van der Waals surface area contributed by atoms with Crippen LogP contribution in [0.5, 0.6) is 0 Å². The van der Waals surface area contributed by atoms with Gasteiger partial charge in [0.05, 0.1) is 0 Å². The Labute approximate surface area is 182 Å². The minimum atomic E-state index is -0.136. The molecular weight excluding hydrogens is 386 g/mol. The predicted octanol–water partition coefficient (Wildman–Crippen LogP) is 4.63. The van der Waals surface area contributed by atoms with Crippen molar-refractivity contribution >= 4 is 28.9 Å². The molecule has 0 bridgehead atoms. The Hall–Kier alpha value is -3.60. The minimum Gasteiger partial charge on any atom is -0.367 e. The van der Waals surface area contributed by atoms with Gasteiger partial charge < -0.3 is 15.1 Å². The van der Waals surface area contributed by atoms with E-state index in [1.165, 1.54) is 16.8 Å². The number of nitrogens with one attached hydrogen (secondary N) is 1. The van der Waals surface area contributed by atoms with Crippen LogP contribution in [-0.2, 0) is 17.8 Å². The van der Waals surface area contributed by atoms with Crippen molar-refractivity contribution in [3.63, 3.8) is 0 Å². The highest BCUT2D eigenvalue weighted by molar-refractivity contribution is 6.04. The van der Waals surface area contributed by atoms with Crippen LogP contribution in [0, 0.1) is 0 Å². The number of carbonyl (C=O) groups is 2. The van der Waals surface area contributed by atoms with Crippen LogP contribution in [-0.4, -0.2) is 24.9 Å². The van der Waals surface area contributed by atoms with E-state index in [0.717, 1.165) is 43.9 Å². The molecule has 5 nitrogen and oxygen atoms in total. The van der Waals surface area contributed by atoms with Crippen molar-refractivity contribution in [1.82, 2.24) is 0 Å². The zero-order valence-electron chi connectivity index (χ0n) is 17.4. The third-order valence-corrected chi connectivity index (χ3v) is 6.08. The average Bonchev–Trinajstić information content (AvgIpc) is 3.41. The summed E-state index contributed by atoms with van der Waals surface area (Å²) in [6.45, 7) is 2.64. The van der Waals surface area contributed by atoms with Crippen molar-refractivity contribution < 1.29 is 9.59 Å². The second-order valence-corrected chi connectivity index (χ2v) is 8.15. The van der Waals surface area contributed by atoms with E-state index < -0.39 is 0 Å². The van der Waals surface area contributed by atoms with Crippen LogP contribution in [0.3, 0.4) is 0 Å². The summed E-state index contributed by atoms with van der Waals surface area (Å²) in [5.74, 6) is 0.0253. The molecule has 1 saturated heterocycles. The lowest BCUT2D eigenvalue weighted by molar-refractivity contribution is -0.117. The normalized spacial score (nSPS) is 15.3. The van der Waals surface area contributed by atoms with E-state index in [1.54, 1.807) is 4.90 Å². The van der Waals surface area contributed by atoms with E-state index in [1.807, 2.05) is 48.5 Å². The molecular formula is C26H25N3O2. The smallest absolute Gasteiger partial charge is 0.255 e. The predicted molar refractivity (Wildman–Crippen MR) is 124 cm³/mol. The van der Waals surface area contributed by atoms with E-state index in [0.29, 0.717) is 12.0 Å². The lowest BCUT2D eigenvalue weighted by Gasteiger charge is -2.19. The lowest BCUT2D eigenvalue weighted by Crippen LogP contribution is -2.23. The highest BCUT2D eigenvalue weighted by Gasteiger charge is 2.21. The first-order chi connectivity index (χ1) is 15.2. The Morgan fingerprint density at radius 3 is 2.39 bits per heavy atom. The van der Waals surface area contributed by atoms with Crippen molar-refractivity contribution in [2.24, 2.45) is 0 Å². The van der Waals surface area contributed by atoms with Gasteiger partial charge in [0, 0.05) is 48.7 Å². The molecule has 0 atom stereocenters. The second-order valence-electron chi connectivity index (χ2n) is 8.15. The van der Waals surface area contributed by atoms with Crippen LogP contribution >= 0.6 is 0 Å². The van der Waals surface area contributed by atoms with Crippen molar-refractivity contribution in [3.8, 4) is 0 Å². The van der Waals surface area contributed by atoms with Crippen molar-refractivity contribution in [1.29, 1.82) is 0 Å². The zero-order chi connectivity index (χ0) is 21.2. The van der Waals surface area contributed by atoms with Gasteiger partial charge in [-0.05, 0) is 66.4 Å². The largest absolute Gasteiger partial charge is 0.367 e. The summed E-state index contributed by atoms with van der Waals surface area (Å²) in [7, 11) is 0. The second kappa shape index (κ2) is 8.26. The number of anilines is 3. The fourth-order valence-corrected chi connectivity index (χ4v) is 4.40. The zero-order valence-corrected chi connectivity index (χ0v) is 17.4. The molecule has 5 heteroatoms. The topological polar surface area (TPSA) is 52.7 Å². The molecule has 31 heavy (non-hydrogen) atoms. The van der Waals surface area contributed by atoms with Crippen molar-refractivity contribution in [2.75, 3.05) is 28.2 Å². The van der Waals surface area contributed by atoms with Gasteiger partial charge in [-0.3, -0.25) is 9.59 Å². The molecule has 2 amide bonds. The monoisotopic (exact) mass is 411 g/mol. The Morgan fingerprint density at radius 1 is 0.871 bits per heavy atom. The summed E-state index contributed by atoms with van der Waals surface area (Å²) in [5, 5.41) is 2.94. The van der Waals surface area contributed by atoms with Crippen LogP contribution in [0.4, 0.5) is 17.1 Å². The summed E-state index contributed by atoms with van der Waals surface area (Å²) in [6.07, 6.45) is 2.59. The highest BCUT2D eigenvalue weighted by Crippen LogP contribution is 2.29. The lowest BCUT2D eigenvalue weighted by atomic mass is 10.1. The van der Waals surface area contributed by atoms with E-state index in [-0.39, 0.29) is 11.8 Å². The number of carbonyl (C=O) groups excluding carboxylic acids is 2. The van der Waals surface area contributed by atoms with Crippen LogP contribution in [0.1, 0.15) is 34.3 Å². The number of fused-ring (bicyclic) bond motifs is 1. The third kappa shape index (κ3) is 4.04. The van der Waals surface area contributed by atoms with Crippen LogP contribution in [0.25, 0.3) is 0 Å². The van der Waals surface area contributed by atoms with Crippen LogP contribution < -0.4 is 15.1 Å². The van der Waals surface area contributed by atoms with Gasteiger partial charge in [-0.1, -0.05) is 30.3 Å². The quantitative estimate of drug-likeness (QED) is 0.666. The molecule has 1 N–H and O–H groups in total. The minimum absolute atomic E-state index is 0.136. The molecule has 3 aromatic rings. The van der Waals surface area contributed by atoms with Crippen LogP contribution in [0.15, 0.2) is 72.8 Å². The molecule has 3 aromatic carbocycles. The first-order valence-corrected chi connectivity index (χ1v) is 10.8. The third-order valence-electron chi connectivity index (χ3n) is 6.08. The molecule has 0 aliphatic carbocycles. The van der Waals surface area contributed by atoms with Crippen LogP contribution in [0.2, 0.25) is 0 Å². The van der Waals surface area contributed by atoms with E-state index in [9.17, 15) is 9.59 Å². The molecule has 0 aromatic heterocycles. The molecule has 5 rings (SSSR count). The van der Waals surface area contributed by atoms with Gasteiger partial charge in [-0.25, -0.2) is 0 Å². The van der Waals surface area contributed by atoms with Gasteiger partial charge in [0.1, 0.15) is 0 Å².